The van der Waals surface area contributed by atoms with Crippen LogP contribution in [0, 0.1) is 17.0 Å². The Kier molecular flexibility index (Phi) is 5.12. The summed E-state index contributed by atoms with van der Waals surface area (Å²) in [7, 11) is 1.52. The minimum Gasteiger partial charge on any atom is -0.495 e. The van der Waals surface area contributed by atoms with E-state index in [2.05, 4.69) is 5.32 Å². The lowest BCUT2D eigenvalue weighted by Gasteiger charge is -2.14. The molecule has 2 amide bonds. The molecule has 0 bridgehead atoms. The standard InChI is InChI=1S/C20H19N3O5/c1-4-22-19(24)17(13-6-8-14(9-7-13)23(26)27)18(20(22)25)21-15-11-12(2)5-10-16(15)28-3/h5-11,21H,4H2,1-3H3. The fraction of sp³-hybridized carbons (Fsp3) is 0.200. The van der Waals surface area contributed by atoms with Gasteiger partial charge < -0.3 is 10.1 Å². The van der Waals surface area contributed by atoms with Gasteiger partial charge in [-0.1, -0.05) is 6.07 Å². The van der Waals surface area contributed by atoms with Gasteiger partial charge in [-0.2, -0.15) is 0 Å². The SMILES string of the molecule is CCN1C(=O)C(Nc2cc(C)ccc2OC)=C(c2ccc([N+](=O)[O-])cc2)C1=O. The number of nitro groups is 1. The lowest BCUT2D eigenvalue weighted by atomic mass is 10.0. The molecule has 3 rings (SSSR count). The number of methoxy groups -OCH3 is 1. The molecule has 0 saturated carbocycles. The van der Waals surface area contributed by atoms with Crippen molar-refractivity contribution in [3.05, 3.63) is 69.4 Å². The zero-order valence-electron chi connectivity index (χ0n) is 15.7. The van der Waals surface area contributed by atoms with Crippen molar-refractivity contribution < 1.29 is 19.2 Å². The molecule has 8 nitrogen and oxygen atoms in total. The van der Waals surface area contributed by atoms with Gasteiger partial charge in [0.1, 0.15) is 11.4 Å². The Hall–Kier alpha value is -3.68. The highest BCUT2D eigenvalue weighted by Gasteiger charge is 2.38. The van der Waals surface area contributed by atoms with E-state index in [1.165, 1.54) is 31.4 Å². The van der Waals surface area contributed by atoms with Crippen molar-refractivity contribution in [1.29, 1.82) is 0 Å². The molecule has 1 N–H and O–H groups in total. The molecular formula is C20H19N3O5. The number of carbonyl (C=O) groups is 2. The molecule has 0 aromatic heterocycles. The summed E-state index contributed by atoms with van der Waals surface area (Å²) in [5.41, 5.74) is 2.12. The molecule has 0 saturated heterocycles. The average Bonchev–Trinajstić information content (AvgIpc) is 2.91. The number of aryl methyl sites for hydroxylation is 1. The van der Waals surface area contributed by atoms with Crippen molar-refractivity contribution >= 4 is 28.8 Å². The van der Waals surface area contributed by atoms with E-state index in [0.717, 1.165) is 10.5 Å². The van der Waals surface area contributed by atoms with Gasteiger partial charge in [0, 0.05) is 18.7 Å². The van der Waals surface area contributed by atoms with Crippen LogP contribution < -0.4 is 10.1 Å². The number of non-ortho nitro benzene ring substituents is 1. The lowest BCUT2D eigenvalue weighted by Crippen LogP contribution is -2.32. The van der Waals surface area contributed by atoms with E-state index in [4.69, 9.17) is 4.74 Å². The van der Waals surface area contributed by atoms with Crippen molar-refractivity contribution in [3.8, 4) is 5.75 Å². The first-order valence-corrected chi connectivity index (χ1v) is 8.64. The number of likely N-dealkylation sites (N-methyl/N-ethyl adjacent to an activating group) is 1. The number of benzene rings is 2. The minimum absolute atomic E-state index is 0.0941. The van der Waals surface area contributed by atoms with Crippen molar-refractivity contribution in [2.24, 2.45) is 0 Å². The van der Waals surface area contributed by atoms with Crippen molar-refractivity contribution in [2.75, 3.05) is 19.0 Å². The third-order valence-corrected chi connectivity index (χ3v) is 4.47. The fourth-order valence-corrected chi connectivity index (χ4v) is 3.05. The summed E-state index contributed by atoms with van der Waals surface area (Å²) in [6.45, 7) is 3.82. The molecule has 0 fully saturated rings. The van der Waals surface area contributed by atoms with E-state index in [9.17, 15) is 19.7 Å². The van der Waals surface area contributed by atoms with Gasteiger partial charge in [-0.3, -0.25) is 24.6 Å². The van der Waals surface area contributed by atoms with E-state index in [1.807, 2.05) is 19.1 Å². The first-order valence-electron chi connectivity index (χ1n) is 8.64. The molecule has 0 radical (unpaired) electrons. The van der Waals surface area contributed by atoms with E-state index in [-0.39, 0.29) is 23.5 Å². The van der Waals surface area contributed by atoms with Crippen LogP contribution in [0.15, 0.2) is 48.2 Å². The van der Waals surface area contributed by atoms with E-state index in [0.29, 0.717) is 17.0 Å². The zero-order chi connectivity index (χ0) is 20.4. The number of nitrogens with one attached hydrogen (secondary N) is 1. The molecule has 2 aromatic rings. The second-order valence-corrected chi connectivity index (χ2v) is 6.24. The summed E-state index contributed by atoms with van der Waals surface area (Å²) < 4.78 is 5.34. The van der Waals surface area contributed by atoms with Gasteiger partial charge in [-0.15, -0.1) is 0 Å². The quantitative estimate of drug-likeness (QED) is 0.469. The van der Waals surface area contributed by atoms with Crippen LogP contribution in [0.25, 0.3) is 5.57 Å². The van der Waals surface area contributed by atoms with Crippen molar-refractivity contribution in [3.63, 3.8) is 0 Å². The minimum atomic E-state index is -0.519. The first-order chi connectivity index (χ1) is 13.4. The molecule has 0 unspecified atom stereocenters. The fourth-order valence-electron chi connectivity index (χ4n) is 3.05. The third-order valence-electron chi connectivity index (χ3n) is 4.47. The van der Waals surface area contributed by atoms with Gasteiger partial charge >= 0.3 is 0 Å². The van der Waals surface area contributed by atoms with Gasteiger partial charge in [0.2, 0.25) is 0 Å². The van der Waals surface area contributed by atoms with Crippen LogP contribution in [0.5, 0.6) is 5.75 Å². The molecule has 0 aliphatic carbocycles. The molecular weight excluding hydrogens is 362 g/mol. The van der Waals surface area contributed by atoms with Gasteiger partial charge in [-0.25, -0.2) is 0 Å². The van der Waals surface area contributed by atoms with Crippen LogP contribution >= 0.6 is 0 Å². The number of amides is 2. The second kappa shape index (κ2) is 7.51. The summed E-state index contributed by atoms with van der Waals surface area (Å²) in [4.78, 5) is 37.2. The Morgan fingerprint density at radius 2 is 1.79 bits per heavy atom. The highest BCUT2D eigenvalue weighted by atomic mass is 16.6. The highest BCUT2D eigenvalue weighted by Crippen LogP contribution is 2.34. The Morgan fingerprint density at radius 3 is 2.36 bits per heavy atom. The summed E-state index contributed by atoms with van der Waals surface area (Å²) >= 11 is 0. The van der Waals surface area contributed by atoms with E-state index < -0.39 is 16.7 Å². The third kappa shape index (κ3) is 3.32. The molecule has 28 heavy (non-hydrogen) atoms. The number of anilines is 1. The number of imide groups is 1. The van der Waals surface area contributed by atoms with Crippen LogP contribution in [-0.2, 0) is 9.59 Å². The summed E-state index contributed by atoms with van der Waals surface area (Å²) in [5.74, 6) is -0.378. The van der Waals surface area contributed by atoms with Gasteiger partial charge in [0.05, 0.1) is 23.3 Å². The predicted octanol–water partition coefficient (Wildman–Crippen LogP) is 3.12. The Balaban J connectivity index is 2.12. The maximum atomic E-state index is 12.8. The largest absolute Gasteiger partial charge is 0.495 e. The number of hydrogen-bond acceptors (Lipinski definition) is 6. The predicted molar refractivity (Wildman–Crippen MR) is 104 cm³/mol. The van der Waals surface area contributed by atoms with Crippen molar-refractivity contribution in [2.45, 2.75) is 13.8 Å². The van der Waals surface area contributed by atoms with Crippen LogP contribution in [0.3, 0.4) is 0 Å². The second-order valence-electron chi connectivity index (χ2n) is 6.24. The highest BCUT2D eigenvalue weighted by molar-refractivity contribution is 6.36. The maximum Gasteiger partial charge on any atom is 0.278 e. The molecule has 0 spiro atoms. The monoisotopic (exact) mass is 381 g/mol. The van der Waals surface area contributed by atoms with Crippen LogP contribution in [-0.4, -0.2) is 35.3 Å². The molecule has 0 atom stereocenters. The average molecular weight is 381 g/mol. The number of nitrogens with zero attached hydrogens (tertiary/aromatic N) is 2. The number of rotatable bonds is 6. The lowest BCUT2D eigenvalue weighted by molar-refractivity contribution is -0.384. The molecule has 1 heterocycles. The molecule has 1 aliphatic rings. The first kappa shape index (κ1) is 19.1. The zero-order valence-corrected chi connectivity index (χ0v) is 15.7. The Bertz CT molecular complexity index is 995. The van der Waals surface area contributed by atoms with Crippen LogP contribution in [0.2, 0.25) is 0 Å². The molecule has 144 valence electrons. The van der Waals surface area contributed by atoms with Gasteiger partial charge in [0.25, 0.3) is 17.5 Å². The normalized spacial score (nSPS) is 13.9. The Morgan fingerprint density at radius 1 is 1.11 bits per heavy atom. The van der Waals surface area contributed by atoms with E-state index >= 15 is 0 Å². The number of nitro benzene ring substituents is 1. The molecule has 2 aromatic carbocycles. The van der Waals surface area contributed by atoms with Crippen LogP contribution in [0.1, 0.15) is 18.1 Å². The van der Waals surface area contributed by atoms with Crippen LogP contribution in [0.4, 0.5) is 11.4 Å². The maximum absolute atomic E-state index is 12.8. The smallest absolute Gasteiger partial charge is 0.278 e. The summed E-state index contributed by atoms with van der Waals surface area (Å²) in [6, 6.07) is 11.0. The molecule has 8 heteroatoms. The molecule has 1 aliphatic heterocycles. The van der Waals surface area contributed by atoms with Gasteiger partial charge in [0.15, 0.2) is 0 Å². The number of hydrogen-bond donors (Lipinski definition) is 1. The van der Waals surface area contributed by atoms with Gasteiger partial charge in [-0.05, 0) is 49.2 Å². The summed E-state index contributed by atoms with van der Waals surface area (Å²) in [5, 5.41) is 13.9. The topological polar surface area (TPSA) is 102 Å². The van der Waals surface area contributed by atoms with Crippen molar-refractivity contribution in [1.82, 2.24) is 4.90 Å². The number of ether oxygens (including phenoxy) is 1. The number of carbonyl (C=O) groups excluding carboxylic acids is 2. The van der Waals surface area contributed by atoms with E-state index in [1.54, 1.807) is 13.0 Å². The Labute approximate surface area is 161 Å². The summed E-state index contributed by atoms with van der Waals surface area (Å²) in [6.07, 6.45) is 0.